The van der Waals surface area contributed by atoms with Gasteiger partial charge in [0.25, 0.3) is 0 Å². The van der Waals surface area contributed by atoms with Crippen molar-refractivity contribution < 1.29 is 13.9 Å². The monoisotopic (exact) mass is 208 g/mol. The highest BCUT2D eigenvalue weighted by Gasteiger charge is 2.16. The van der Waals surface area contributed by atoms with E-state index in [2.05, 4.69) is 0 Å². The predicted molar refractivity (Wildman–Crippen MR) is 55.7 cm³/mol. The summed E-state index contributed by atoms with van der Waals surface area (Å²) in [5.74, 6) is 1.62. The van der Waals surface area contributed by atoms with Crippen molar-refractivity contribution in [2.24, 2.45) is 0 Å². The molecule has 15 heavy (non-hydrogen) atoms. The summed E-state index contributed by atoms with van der Waals surface area (Å²) in [6.45, 7) is 2.24. The van der Waals surface area contributed by atoms with Gasteiger partial charge >= 0.3 is 5.97 Å². The van der Waals surface area contributed by atoms with Gasteiger partial charge in [0.05, 0.1) is 6.61 Å². The van der Waals surface area contributed by atoms with E-state index in [0.717, 1.165) is 24.4 Å². The van der Waals surface area contributed by atoms with Gasteiger partial charge in [0, 0.05) is 6.42 Å². The maximum absolute atomic E-state index is 11.2. The van der Waals surface area contributed by atoms with E-state index in [1.54, 1.807) is 0 Å². The molecule has 0 amide bonds. The van der Waals surface area contributed by atoms with Crippen LogP contribution in [0.1, 0.15) is 36.8 Å². The Bertz CT molecular complexity index is 328. The third-order valence-corrected chi connectivity index (χ3v) is 2.67. The summed E-state index contributed by atoms with van der Waals surface area (Å²) in [6.07, 6.45) is 4.78. The number of ether oxygens (including phenoxy) is 1. The van der Waals surface area contributed by atoms with E-state index in [9.17, 15) is 4.79 Å². The molecule has 2 rings (SSSR count). The van der Waals surface area contributed by atoms with Gasteiger partial charge < -0.3 is 9.15 Å². The maximum atomic E-state index is 11.2. The highest BCUT2D eigenvalue weighted by atomic mass is 16.5. The Morgan fingerprint density at radius 1 is 1.47 bits per heavy atom. The molecule has 0 N–H and O–H groups in total. The molecule has 0 fully saturated rings. The molecule has 0 bridgehead atoms. The molecule has 1 heterocycles. The van der Waals surface area contributed by atoms with E-state index < -0.39 is 0 Å². The molecule has 0 radical (unpaired) electrons. The fourth-order valence-corrected chi connectivity index (χ4v) is 1.99. The highest BCUT2D eigenvalue weighted by molar-refractivity contribution is 5.71. The molecule has 1 aromatic heterocycles. The topological polar surface area (TPSA) is 39.4 Å². The molecular formula is C12H16O3. The number of esters is 1. The minimum atomic E-state index is -0.205. The number of aryl methyl sites for hydroxylation is 2. The van der Waals surface area contributed by atoms with Crippen molar-refractivity contribution in [2.75, 3.05) is 6.61 Å². The lowest BCUT2D eigenvalue weighted by atomic mass is 9.99. The molecule has 0 atom stereocenters. The summed E-state index contributed by atoms with van der Waals surface area (Å²) < 4.78 is 10.5. The normalized spacial score (nSPS) is 14.7. The van der Waals surface area contributed by atoms with Crippen molar-refractivity contribution >= 4 is 5.97 Å². The second-order valence-electron chi connectivity index (χ2n) is 3.85. The van der Waals surface area contributed by atoms with Gasteiger partial charge in [-0.1, -0.05) is 0 Å². The predicted octanol–water partition coefficient (Wildman–Crippen LogP) is 2.26. The highest BCUT2D eigenvalue weighted by Crippen LogP contribution is 2.24. The second kappa shape index (κ2) is 4.51. The summed E-state index contributed by atoms with van der Waals surface area (Å²) >= 11 is 0. The van der Waals surface area contributed by atoms with Crippen molar-refractivity contribution in [1.82, 2.24) is 0 Å². The van der Waals surface area contributed by atoms with Crippen LogP contribution in [0, 0.1) is 0 Å². The van der Waals surface area contributed by atoms with Crippen LogP contribution in [0.4, 0.5) is 0 Å². The maximum Gasteiger partial charge on any atom is 0.313 e. The Hall–Kier alpha value is -1.25. The van der Waals surface area contributed by atoms with Gasteiger partial charge in [0.1, 0.15) is 17.9 Å². The summed E-state index contributed by atoms with van der Waals surface area (Å²) in [4.78, 5) is 11.2. The third-order valence-electron chi connectivity index (χ3n) is 2.67. The largest absolute Gasteiger partial charge is 0.466 e. The molecule has 0 unspecified atom stereocenters. The molecule has 0 spiro atoms. The first kappa shape index (κ1) is 10.3. The molecule has 1 aliphatic rings. The molecule has 0 saturated carbocycles. The second-order valence-corrected chi connectivity index (χ2v) is 3.85. The average Bonchev–Trinajstić information content (AvgIpc) is 2.59. The van der Waals surface area contributed by atoms with Crippen LogP contribution in [0.3, 0.4) is 0 Å². The zero-order valence-electron chi connectivity index (χ0n) is 9.04. The van der Waals surface area contributed by atoms with Crippen molar-refractivity contribution in [3.8, 4) is 0 Å². The zero-order chi connectivity index (χ0) is 10.7. The Balaban J connectivity index is 2.03. The van der Waals surface area contributed by atoms with Crippen LogP contribution in [-0.2, 0) is 28.8 Å². The summed E-state index contributed by atoms with van der Waals surface area (Å²) in [6, 6.07) is 2.01. The smallest absolute Gasteiger partial charge is 0.313 e. The standard InChI is InChI=1S/C12H16O3/c1-2-14-12(13)8-10-7-9-5-3-4-6-11(9)15-10/h7H,2-6,8H2,1H3. The lowest BCUT2D eigenvalue weighted by molar-refractivity contribution is -0.142. The van der Waals surface area contributed by atoms with E-state index in [-0.39, 0.29) is 12.4 Å². The van der Waals surface area contributed by atoms with Crippen molar-refractivity contribution in [3.63, 3.8) is 0 Å². The summed E-state index contributed by atoms with van der Waals surface area (Å²) in [5.41, 5.74) is 1.28. The van der Waals surface area contributed by atoms with Gasteiger partial charge in [0.2, 0.25) is 0 Å². The van der Waals surface area contributed by atoms with Gasteiger partial charge in [-0.3, -0.25) is 4.79 Å². The summed E-state index contributed by atoms with van der Waals surface area (Å²) in [7, 11) is 0. The van der Waals surface area contributed by atoms with E-state index in [1.165, 1.54) is 18.4 Å². The van der Waals surface area contributed by atoms with Crippen LogP contribution in [0.5, 0.6) is 0 Å². The van der Waals surface area contributed by atoms with Crippen LogP contribution < -0.4 is 0 Å². The minimum absolute atomic E-state index is 0.205. The lowest BCUT2D eigenvalue weighted by Crippen LogP contribution is -2.06. The Morgan fingerprint density at radius 2 is 2.27 bits per heavy atom. The van der Waals surface area contributed by atoms with E-state index in [0.29, 0.717) is 6.61 Å². The minimum Gasteiger partial charge on any atom is -0.466 e. The van der Waals surface area contributed by atoms with Gasteiger partial charge in [-0.05, 0) is 37.8 Å². The number of carbonyl (C=O) groups is 1. The summed E-state index contributed by atoms with van der Waals surface area (Å²) in [5, 5.41) is 0. The molecule has 3 heteroatoms. The van der Waals surface area contributed by atoms with E-state index in [4.69, 9.17) is 9.15 Å². The van der Waals surface area contributed by atoms with E-state index >= 15 is 0 Å². The molecule has 0 aliphatic heterocycles. The fraction of sp³-hybridized carbons (Fsp3) is 0.583. The van der Waals surface area contributed by atoms with Crippen LogP contribution >= 0.6 is 0 Å². The number of fused-ring (bicyclic) bond motifs is 1. The molecule has 1 aliphatic carbocycles. The first-order valence-corrected chi connectivity index (χ1v) is 5.55. The third kappa shape index (κ3) is 2.41. The van der Waals surface area contributed by atoms with Gasteiger partial charge in [-0.15, -0.1) is 0 Å². The van der Waals surface area contributed by atoms with Crippen molar-refractivity contribution in [3.05, 3.63) is 23.2 Å². The number of carbonyl (C=O) groups excluding carboxylic acids is 1. The quantitative estimate of drug-likeness (QED) is 0.715. The lowest BCUT2D eigenvalue weighted by Gasteiger charge is -2.07. The van der Waals surface area contributed by atoms with E-state index in [1.807, 2.05) is 13.0 Å². The number of hydrogen-bond acceptors (Lipinski definition) is 3. The molecular weight excluding hydrogens is 192 g/mol. The van der Waals surface area contributed by atoms with Gasteiger partial charge in [0.15, 0.2) is 0 Å². The zero-order valence-corrected chi connectivity index (χ0v) is 9.04. The van der Waals surface area contributed by atoms with Crippen molar-refractivity contribution in [1.29, 1.82) is 0 Å². The molecule has 1 aromatic rings. The van der Waals surface area contributed by atoms with Gasteiger partial charge in [-0.2, -0.15) is 0 Å². The molecule has 0 aromatic carbocycles. The molecule has 3 nitrogen and oxygen atoms in total. The van der Waals surface area contributed by atoms with Crippen LogP contribution in [-0.4, -0.2) is 12.6 Å². The van der Waals surface area contributed by atoms with Crippen LogP contribution in [0.2, 0.25) is 0 Å². The molecule has 0 saturated heterocycles. The van der Waals surface area contributed by atoms with Gasteiger partial charge in [-0.25, -0.2) is 0 Å². The first-order valence-electron chi connectivity index (χ1n) is 5.55. The Kier molecular flexibility index (Phi) is 3.09. The SMILES string of the molecule is CCOC(=O)Cc1cc2c(o1)CCCC2. The fourth-order valence-electron chi connectivity index (χ4n) is 1.99. The first-order chi connectivity index (χ1) is 7.29. The average molecular weight is 208 g/mol. The number of rotatable bonds is 3. The Labute approximate surface area is 89.4 Å². The number of furan rings is 1. The molecule has 82 valence electrons. The van der Waals surface area contributed by atoms with Crippen LogP contribution in [0.15, 0.2) is 10.5 Å². The van der Waals surface area contributed by atoms with Crippen molar-refractivity contribution in [2.45, 2.75) is 39.0 Å². The Morgan fingerprint density at radius 3 is 3.00 bits per heavy atom. The number of hydrogen-bond donors (Lipinski definition) is 0. The van der Waals surface area contributed by atoms with Crippen LogP contribution in [0.25, 0.3) is 0 Å².